The van der Waals surface area contributed by atoms with Crippen LogP contribution in [0.25, 0.3) is 0 Å². The summed E-state index contributed by atoms with van der Waals surface area (Å²) in [4.78, 5) is 13.6. The van der Waals surface area contributed by atoms with Gasteiger partial charge in [0.1, 0.15) is 0 Å². The number of carbonyl (C=O) groups excluding carboxylic acids is 1. The third kappa shape index (κ3) is 2.36. The normalized spacial score (nSPS) is 17.5. The van der Waals surface area contributed by atoms with Crippen molar-refractivity contribution in [3.63, 3.8) is 0 Å². The maximum absolute atomic E-state index is 11.9. The molecule has 1 unspecified atom stereocenters. The molecule has 2 rings (SSSR count). The SMILES string of the molecule is O=C(C(O)c1ccc(Cl)cc1)N1CCCC1. The van der Waals surface area contributed by atoms with Crippen molar-refractivity contribution in [3.8, 4) is 0 Å². The van der Waals surface area contributed by atoms with Gasteiger partial charge in [0.05, 0.1) is 0 Å². The molecule has 0 aromatic heterocycles. The van der Waals surface area contributed by atoms with Crippen molar-refractivity contribution in [2.45, 2.75) is 18.9 Å². The van der Waals surface area contributed by atoms with E-state index in [0.717, 1.165) is 25.9 Å². The second-order valence-electron chi connectivity index (χ2n) is 3.99. The van der Waals surface area contributed by atoms with E-state index in [2.05, 4.69) is 0 Å². The summed E-state index contributed by atoms with van der Waals surface area (Å²) in [6.45, 7) is 1.51. The molecular weight excluding hydrogens is 226 g/mol. The average Bonchev–Trinajstić information content (AvgIpc) is 2.81. The first-order valence-electron chi connectivity index (χ1n) is 5.41. The van der Waals surface area contributed by atoms with Crippen molar-refractivity contribution >= 4 is 17.5 Å². The van der Waals surface area contributed by atoms with E-state index in [0.29, 0.717) is 10.6 Å². The summed E-state index contributed by atoms with van der Waals surface area (Å²) in [5.41, 5.74) is 0.598. The van der Waals surface area contributed by atoms with E-state index in [1.807, 2.05) is 0 Å². The Labute approximate surface area is 99.6 Å². The molecule has 1 aromatic carbocycles. The van der Waals surface area contributed by atoms with Gasteiger partial charge in [-0.1, -0.05) is 23.7 Å². The fourth-order valence-corrected chi connectivity index (χ4v) is 2.02. The summed E-state index contributed by atoms with van der Waals surface area (Å²) in [5.74, 6) is -0.208. The highest BCUT2D eigenvalue weighted by Gasteiger charge is 2.25. The number of carbonyl (C=O) groups is 1. The van der Waals surface area contributed by atoms with Crippen LogP contribution >= 0.6 is 11.6 Å². The van der Waals surface area contributed by atoms with Gasteiger partial charge in [-0.25, -0.2) is 0 Å². The lowest BCUT2D eigenvalue weighted by Gasteiger charge is -2.19. The second-order valence-corrected chi connectivity index (χ2v) is 4.42. The van der Waals surface area contributed by atoms with Crippen molar-refractivity contribution < 1.29 is 9.90 Å². The van der Waals surface area contributed by atoms with E-state index in [9.17, 15) is 9.90 Å². The molecule has 0 spiro atoms. The Kier molecular flexibility index (Phi) is 3.46. The minimum absolute atomic E-state index is 0.208. The van der Waals surface area contributed by atoms with Gasteiger partial charge >= 0.3 is 0 Å². The van der Waals surface area contributed by atoms with E-state index in [4.69, 9.17) is 11.6 Å². The Bertz CT molecular complexity index is 371. The fraction of sp³-hybridized carbons (Fsp3) is 0.417. The number of amides is 1. The van der Waals surface area contributed by atoms with Gasteiger partial charge in [0.25, 0.3) is 5.91 Å². The van der Waals surface area contributed by atoms with E-state index in [1.54, 1.807) is 29.2 Å². The van der Waals surface area contributed by atoms with E-state index in [-0.39, 0.29) is 5.91 Å². The monoisotopic (exact) mass is 239 g/mol. The molecule has 1 amide bonds. The van der Waals surface area contributed by atoms with Gasteiger partial charge in [0, 0.05) is 18.1 Å². The summed E-state index contributed by atoms with van der Waals surface area (Å²) in [7, 11) is 0. The molecule has 0 saturated carbocycles. The summed E-state index contributed by atoms with van der Waals surface area (Å²) >= 11 is 5.75. The first kappa shape index (κ1) is 11.4. The summed E-state index contributed by atoms with van der Waals surface area (Å²) in [5, 5.41) is 10.5. The van der Waals surface area contributed by atoms with Gasteiger partial charge < -0.3 is 10.0 Å². The van der Waals surface area contributed by atoms with Crippen molar-refractivity contribution in [2.75, 3.05) is 13.1 Å². The van der Waals surface area contributed by atoms with Crippen molar-refractivity contribution in [1.82, 2.24) is 4.90 Å². The van der Waals surface area contributed by atoms with Crippen LogP contribution in [0.4, 0.5) is 0 Å². The van der Waals surface area contributed by atoms with Gasteiger partial charge in [0.15, 0.2) is 6.10 Å². The van der Waals surface area contributed by atoms with Crippen molar-refractivity contribution in [1.29, 1.82) is 0 Å². The second kappa shape index (κ2) is 4.85. The smallest absolute Gasteiger partial charge is 0.256 e. The van der Waals surface area contributed by atoms with E-state index >= 15 is 0 Å². The Balaban J connectivity index is 2.08. The molecule has 86 valence electrons. The molecule has 3 nitrogen and oxygen atoms in total. The number of hydrogen-bond donors (Lipinski definition) is 1. The van der Waals surface area contributed by atoms with Crippen LogP contribution in [-0.4, -0.2) is 29.0 Å². The van der Waals surface area contributed by atoms with Crippen LogP contribution in [0.15, 0.2) is 24.3 Å². The molecule has 1 aliphatic rings. The standard InChI is InChI=1S/C12H14ClNO2/c13-10-5-3-9(4-6-10)11(15)12(16)14-7-1-2-8-14/h3-6,11,15H,1-2,7-8H2. The molecule has 1 atom stereocenters. The zero-order valence-corrected chi connectivity index (χ0v) is 9.65. The maximum Gasteiger partial charge on any atom is 0.256 e. The number of likely N-dealkylation sites (tertiary alicyclic amines) is 1. The molecule has 1 heterocycles. The first-order chi connectivity index (χ1) is 7.68. The Morgan fingerprint density at radius 3 is 2.38 bits per heavy atom. The first-order valence-corrected chi connectivity index (χ1v) is 5.78. The molecule has 1 fully saturated rings. The summed E-state index contributed by atoms with van der Waals surface area (Å²) in [6.07, 6.45) is 0.994. The topological polar surface area (TPSA) is 40.5 Å². The number of benzene rings is 1. The fourth-order valence-electron chi connectivity index (χ4n) is 1.90. The quantitative estimate of drug-likeness (QED) is 0.858. The zero-order chi connectivity index (χ0) is 11.5. The maximum atomic E-state index is 11.9. The van der Waals surface area contributed by atoms with E-state index < -0.39 is 6.10 Å². The van der Waals surface area contributed by atoms with Gasteiger partial charge in [0.2, 0.25) is 0 Å². The molecule has 1 N–H and O–H groups in total. The highest BCUT2D eigenvalue weighted by molar-refractivity contribution is 6.30. The zero-order valence-electron chi connectivity index (χ0n) is 8.90. The van der Waals surface area contributed by atoms with Crippen molar-refractivity contribution in [3.05, 3.63) is 34.9 Å². The Hall–Kier alpha value is -1.06. The van der Waals surface area contributed by atoms with Crippen LogP contribution in [0.1, 0.15) is 24.5 Å². The highest BCUT2D eigenvalue weighted by Crippen LogP contribution is 2.20. The third-order valence-electron chi connectivity index (χ3n) is 2.84. The Morgan fingerprint density at radius 2 is 1.81 bits per heavy atom. The summed E-state index contributed by atoms with van der Waals surface area (Å²) in [6, 6.07) is 6.72. The predicted molar refractivity (Wildman–Crippen MR) is 62.2 cm³/mol. The molecule has 0 aliphatic carbocycles. The third-order valence-corrected chi connectivity index (χ3v) is 3.09. The number of aliphatic hydroxyl groups excluding tert-OH is 1. The predicted octanol–water partition coefficient (Wildman–Crippen LogP) is 2.00. The molecule has 1 aromatic rings. The van der Waals surface area contributed by atoms with Crippen LogP contribution in [0.5, 0.6) is 0 Å². The van der Waals surface area contributed by atoms with Gasteiger partial charge in [-0.05, 0) is 30.5 Å². The molecular formula is C12H14ClNO2. The molecule has 16 heavy (non-hydrogen) atoms. The Morgan fingerprint density at radius 1 is 1.25 bits per heavy atom. The molecule has 0 radical (unpaired) electrons. The average molecular weight is 240 g/mol. The van der Waals surface area contributed by atoms with Crippen LogP contribution in [0.2, 0.25) is 5.02 Å². The van der Waals surface area contributed by atoms with Gasteiger partial charge in [-0.3, -0.25) is 4.79 Å². The van der Waals surface area contributed by atoms with Crippen LogP contribution < -0.4 is 0 Å². The molecule has 4 heteroatoms. The lowest BCUT2D eigenvalue weighted by Crippen LogP contribution is -2.32. The molecule has 1 aliphatic heterocycles. The number of nitrogens with zero attached hydrogens (tertiary/aromatic N) is 1. The van der Waals surface area contributed by atoms with Crippen LogP contribution in [-0.2, 0) is 4.79 Å². The van der Waals surface area contributed by atoms with Crippen LogP contribution in [0, 0.1) is 0 Å². The number of halogens is 1. The largest absolute Gasteiger partial charge is 0.378 e. The minimum atomic E-state index is -1.06. The number of aliphatic hydroxyl groups is 1. The lowest BCUT2D eigenvalue weighted by atomic mass is 10.1. The number of hydrogen-bond acceptors (Lipinski definition) is 2. The lowest BCUT2D eigenvalue weighted by molar-refractivity contribution is -0.139. The van der Waals surface area contributed by atoms with Gasteiger partial charge in [-0.2, -0.15) is 0 Å². The minimum Gasteiger partial charge on any atom is -0.378 e. The van der Waals surface area contributed by atoms with E-state index in [1.165, 1.54) is 0 Å². The van der Waals surface area contributed by atoms with Gasteiger partial charge in [-0.15, -0.1) is 0 Å². The molecule has 1 saturated heterocycles. The molecule has 0 bridgehead atoms. The highest BCUT2D eigenvalue weighted by atomic mass is 35.5. The van der Waals surface area contributed by atoms with Crippen LogP contribution in [0.3, 0.4) is 0 Å². The number of rotatable bonds is 2. The summed E-state index contributed by atoms with van der Waals surface area (Å²) < 4.78 is 0. The van der Waals surface area contributed by atoms with Crippen molar-refractivity contribution in [2.24, 2.45) is 0 Å².